The van der Waals surface area contributed by atoms with Crippen molar-refractivity contribution in [2.45, 2.75) is 19.5 Å². The summed E-state index contributed by atoms with van der Waals surface area (Å²) in [5, 5.41) is 9.09. The predicted molar refractivity (Wildman–Crippen MR) is 121 cm³/mol. The van der Waals surface area contributed by atoms with Gasteiger partial charge >= 0.3 is 0 Å². The molecule has 2 aliphatic rings. The fraction of sp³-hybridized carbons (Fsp3) is 0.348. The van der Waals surface area contributed by atoms with Gasteiger partial charge in [0.15, 0.2) is 11.5 Å². The minimum Gasteiger partial charge on any atom is -0.378 e. The molecule has 0 unspecified atom stereocenters. The van der Waals surface area contributed by atoms with Crippen LogP contribution < -0.4 is 10.2 Å². The van der Waals surface area contributed by atoms with E-state index >= 15 is 0 Å². The molecule has 6 rings (SSSR count). The molecule has 5 heterocycles. The number of rotatable bonds is 4. The predicted octanol–water partition coefficient (Wildman–Crippen LogP) is 2.78. The number of anilines is 2. The van der Waals surface area contributed by atoms with Crippen molar-refractivity contribution in [2.75, 3.05) is 36.5 Å². The van der Waals surface area contributed by atoms with Gasteiger partial charge in [-0.05, 0) is 31.5 Å². The number of nitrogens with one attached hydrogen (secondary N) is 1. The Labute approximate surface area is 188 Å². The van der Waals surface area contributed by atoms with Crippen LogP contribution >= 0.6 is 0 Å². The van der Waals surface area contributed by atoms with E-state index in [1.165, 1.54) is 0 Å². The lowest BCUT2D eigenvalue weighted by atomic mass is 10.1. The van der Waals surface area contributed by atoms with E-state index in [1.54, 1.807) is 23.0 Å². The van der Waals surface area contributed by atoms with Gasteiger partial charge in [0.25, 0.3) is 0 Å². The Balaban J connectivity index is 1.38. The number of amides is 1. The molecule has 33 heavy (non-hydrogen) atoms. The number of carbonyl (C=O) groups excluding carboxylic acids is 1. The summed E-state index contributed by atoms with van der Waals surface area (Å²) in [5.41, 5.74) is 3.33. The van der Waals surface area contributed by atoms with Gasteiger partial charge in [0, 0.05) is 47.5 Å². The van der Waals surface area contributed by atoms with Gasteiger partial charge in [-0.25, -0.2) is 18.9 Å². The quantitative estimate of drug-likeness (QED) is 0.514. The normalized spacial score (nSPS) is 20.4. The first-order chi connectivity index (χ1) is 16.1. The number of hydrogen-bond acceptors (Lipinski definition) is 7. The first-order valence-electron chi connectivity index (χ1n) is 11.0. The number of alkyl halides is 1. The van der Waals surface area contributed by atoms with E-state index in [1.807, 2.05) is 25.3 Å². The lowest BCUT2D eigenvalue weighted by Gasteiger charge is -2.28. The molecule has 1 saturated carbocycles. The van der Waals surface area contributed by atoms with E-state index < -0.39 is 12.1 Å². The first kappa shape index (κ1) is 20.0. The molecule has 2 atom stereocenters. The van der Waals surface area contributed by atoms with Crippen molar-refractivity contribution in [3.05, 3.63) is 42.5 Å². The zero-order valence-corrected chi connectivity index (χ0v) is 18.0. The van der Waals surface area contributed by atoms with E-state index in [4.69, 9.17) is 14.8 Å². The molecule has 9 nitrogen and oxygen atoms in total. The molecular weight excluding hydrogens is 425 g/mol. The fourth-order valence-electron chi connectivity index (χ4n) is 4.16. The van der Waals surface area contributed by atoms with Crippen molar-refractivity contribution in [1.82, 2.24) is 24.6 Å². The Morgan fingerprint density at radius 1 is 1.18 bits per heavy atom. The summed E-state index contributed by atoms with van der Waals surface area (Å²) < 4.78 is 20.5. The maximum Gasteiger partial charge on any atom is 0.231 e. The molecule has 1 aliphatic carbocycles. The van der Waals surface area contributed by atoms with Crippen LogP contribution in [0.15, 0.2) is 36.8 Å². The molecule has 0 aromatic carbocycles. The number of morpholine rings is 1. The lowest BCUT2D eigenvalue weighted by molar-refractivity contribution is -0.117. The summed E-state index contributed by atoms with van der Waals surface area (Å²) in [6.45, 7) is 4.99. The standard InChI is InChI=1S/C23H22FN7O2/c1-13-17-10-26-20(27-23(32)16-8-19(16)24)9-15(17)18(11-25-13)22-28-21-3-2-14(12-31(21)29-22)30-4-6-33-7-5-30/h2-3,9-12,16,19H,4-8H2,1H3,(H,26,27,32)/t16-,19+/m0/s1. The molecule has 1 saturated heterocycles. The van der Waals surface area contributed by atoms with Gasteiger partial charge in [-0.1, -0.05) is 0 Å². The third-order valence-electron chi connectivity index (χ3n) is 6.20. The largest absolute Gasteiger partial charge is 0.378 e. The zero-order valence-electron chi connectivity index (χ0n) is 18.0. The molecule has 4 aromatic rings. The monoisotopic (exact) mass is 447 g/mol. The number of ether oxygens (including phenoxy) is 1. The number of hydrogen-bond donors (Lipinski definition) is 1. The number of nitrogens with zero attached hydrogens (tertiary/aromatic N) is 6. The third kappa shape index (κ3) is 3.66. The second kappa shape index (κ2) is 7.73. The highest BCUT2D eigenvalue weighted by Gasteiger charge is 2.43. The Morgan fingerprint density at radius 3 is 2.79 bits per heavy atom. The molecule has 1 N–H and O–H groups in total. The summed E-state index contributed by atoms with van der Waals surface area (Å²) in [4.78, 5) is 28.0. The number of fused-ring (bicyclic) bond motifs is 2. The molecule has 10 heteroatoms. The van der Waals surface area contributed by atoms with Gasteiger partial charge in [-0.3, -0.25) is 9.78 Å². The van der Waals surface area contributed by atoms with Crippen LogP contribution in [0.1, 0.15) is 12.1 Å². The molecule has 1 aliphatic heterocycles. The van der Waals surface area contributed by atoms with Crippen molar-refractivity contribution in [1.29, 1.82) is 0 Å². The van der Waals surface area contributed by atoms with Gasteiger partial charge in [0.05, 0.1) is 31.0 Å². The number of aromatic nitrogens is 5. The van der Waals surface area contributed by atoms with Gasteiger partial charge < -0.3 is 15.0 Å². The van der Waals surface area contributed by atoms with Crippen LogP contribution in [-0.4, -0.2) is 62.9 Å². The van der Waals surface area contributed by atoms with Crippen LogP contribution in [0, 0.1) is 12.8 Å². The molecule has 0 radical (unpaired) electrons. The number of aryl methyl sites for hydroxylation is 1. The van der Waals surface area contributed by atoms with Crippen LogP contribution in [0.25, 0.3) is 27.8 Å². The molecule has 168 valence electrons. The van der Waals surface area contributed by atoms with E-state index in [0.29, 0.717) is 24.9 Å². The molecular formula is C23H22FN7O2. The van der Waals surface area contributed by atoms with Gasteiger partial charge in [0.2, 0.25) is 5.91 Å². The van der Waals surface area contributed by atoms with Gasteiger partial charge in [-0.15, -0.1) is 5.10 Å². The summed E-state index contributed by atoms with van der Waals surface area (Å²) in [7, 11) is 0. The van der Waals surface area contributed by atoms with Crippen LogP contribution in [0.2, 0.25) is 0 Å². The van der Waals surface area contributed by atoms with Crippen molar-refractivity contribution in [2.24, 2.45) is 5.92 Å². The van der Waals surface area contributed by atoms with Crippen molar-refractivity contribution in [3.63, 3.8) is 0 Å². The highest BCUT2D eigenvalue weighted by Crippen LogP contribution is 2.35. The maximum absolute atomic E-state index is 13.3. The molecule has 4 aromatic heterocycles. The Bertz CT molecular complexity index is 1380. The maximum atomic E-state index is 13.3. The highest BCUT2D eigenvalue weighted by molar-refractivity contribution is 6.00. The van der Waals surface area contributed by atoms with E-state index in [-0.39, 0.29) is 12.3 Å². The van der Waals surface area contributed by atoms with E-state index in [9.17, 15) is 9.18 Å². The molecule has 2 fully saturated rings. The summed E-state index contributed by atoms with van der Waals surface area (Å²) >= 11 is 0. The first-order valence-corrected chi connectivity index (χ1v) is 11.0. The molecule has 0 bridgehead atoms. The summed E-state index contributed by atoms with van der Waals surface area (Å²) in [6.07, 6.45) is 4.59. The van der Waals surface area contributed by atoms with Crippen LogP contribution in [-0.2, 0) is 9.53 Å². The topological polar surface area (TPSA) is 97.5 Å². The van der Waals surface area contributed by atoms with Crippen LogP contribution in [0.4, 0.5) is 15.9 Å². The van der Waals surface area contributed by atoms with E-state index in [2.05, 4.69) is 20.2 Å². The average molecular weight is 447 g/mol. The fourth-order valence-corrected chi connectivity index (χ4v) is 4.16. The van der Waals surface area contributed by atoms with Crippen LogP contribution in [0.5, 0.6) is 0 Å². The minimum absolute atomic E-state index is 0.269. The second-order valence-corrected chi connectivity index (χ2v) is 8.44. The highest BCUT2D eigenvalue weighted by atomic mass is 19.1. The summed E-state index contributed by atoms with van der Waals surface area (Å²) in [5.74, 6) is -0.0250. The smallest absolute Gasteiger partial charge is 0.231 e. The number of halogens is 1. The lowest BCUT2D eigenvalue weighted by Crippen LogP contribution is -2.36. The molecule has 0 spiro atoms. The zero-order chi connectivity index (χ0) is 22.5. The summed E-state index contributed by atoms with van der Waals surface area (Å²) in [6, 6.07) is 5.76. The Kier molecular flexibility index (Phi) is 4.68. The third-order valence-corrected chi connectivity index (χ3v) is 6.20. The Hall–Kier alpha value is -3.66. The SMILES string of the molecule is Cc1ncc(-c2nc3ccc(N4CCOCC4)cn3n2)c2cc(NC(=O)[C@H]3C[C@H]3F)ncc12. The van der Waals surface area contributed by atoms with Crippen molar-refractivity contribution >= 4 is 33.8 Å². The van der Waals surface area contributed by atoms with Crippen molar-refractivity contribution in [3.8, 4) is 11.4 Å². The van der Waals surface area contributed by atoms with Crippen molar-refractivity contribution < 1.29 is 13.9 Å². The van der Waals surface area contributed by atoms with Crippen LogP contribution in [0.3, 0.4) is 0 Å². The number of pyridine rings is 3. The average Bonchev–Trinajstić information content (AvgIpc) is 3.42. The van der Waals surface area contributed by atoms with Gasteiger partial charge in [-0.2, -0.15) is 0 Å². The minimum atomic E-state index is -1.06. The number of carbonyl (C=O) groups is 1. The van der Waals surface area contributed by atoms with Gasteiger partial charge in [0.1, 0.15) is 12.0 Å². The molecule has 1 amide bonds. The van der Waals surface area contributed by atoms with E-state index in [0.717, 1.165) is 46.5 Å². The second-order valence-electron chi connectivity index (χ2n) is 8.44. The Morgan fingerprint density at radius 2 is 2.00 bits per heavy atom.